The van der Waals surface area contributed by atoms with Gasteiger partial charge in [-0.2, -0.15) is 0 Å². The number of nitrogens with zero attached hydrogens (tertiary/aromatic N) is 1. The van der Waals surface area contributed by atoms with Gasteiger partial charge in [0, 0.05) is 17.4 Å². The van der Waals surface area contributed by atoms with Gasteiger partial charge in [-0.15, -0.1) is 0 Å². The molecule has 0 aromatic heterocycles. The smallest absolute Gasteiger partial charge is 0.326 e. The maximum absolute atomic E-state index is 12.2. The molecule has 114 valence electrons. The van der Waals surface area contributed by atoms with Gasteiger partial charge in [0.05, 0.1) is 12.1 Å². The molecule has 1 aliphatic heterocycles. The molecule has 1 aliphatic rings. The largest absolute Gasteiger partial charge is 0.480 e. The van der Waals surface area contributed by atoms with Crippen LogP contribution in [-0.2, 0) is 4.79 Å². The monoisotopic (exact) mass is 356 g/mol. The minimum absolute atomic E-state index is 0.0376. The minimum atomic E-state index is -1.10. The quantitative estimate of drug-likeness (QED) is 0.769. The Labute approximate surface area is 130 Å². The van der Waals surface area contributed by atoms with Gasteiger partial charge in [-0.05, 0) is 24.6 Å². The molecule has 0 spiro atoms. The summed E-state index contributed by atoms with van der Waals surface area (Å²) >= 11 is 3.34. The number of β-amino-alcohol motifs (C(OH)–C–C–N with tert-alkyl or cyclic N) is 1. The standard InChI is InChI=1S/C14H17BrN2O4/c1-8(9-2-4-10(15)5-3-9)16-14(21)17-7-11(18)6-12(17)13(19)20/h2-5,8,11-12,18H,6-7H2,1H3,(H,16,21)(H,19,20)/t8?,11-,12+/m1/s1. The first-order chi connectivity index (χ1) is 9.88. The third kappa shape index (κ3) is 3.74. The molecule has 1 fully saturated rings. The van der Waals surface area contributed by atoms with Gasteiger partial charge in [0.15, 0.2) is 0 Å². The van der Waals surface area contributed by atoms with Gasteiger partial charge in [0.2, 0.25) is 0 Å². The van der Waals surface area contributed by atoms with Crippen LogP contribution >= 0.6 is 15.9 Å². The molecule has 0 saturated carbocycles. The van der Waals surface area contributed by atoms with Gasteiger partial charge in [-0.1, -0.05) is 28.1 Å². The molecular formula is C14H17BrN2O4. The van der Waals surface area contributed by atoms with Crippen LogP contribution in [0.2, 0.25) is 0 Å². The van der Waals surface area contributed by atoms with E-state index in [-0.39, 0.29) is 19.0 Å². The van der Waals surface area contributed by atoms with E-state index in [0.717, 1.165) is 10.0 Å². The molecule has 1 aromatic rings. The van der Waals surface area contributed by atoms with Gasteiger partial charge in [-0.3, -0.25) is 0 Å². The lowest BCUT2D eigenvalue weighted by Crippen LogP contribution is -2.46. The van der Waals surface area contributed by atoms with Crippen molar-refractivity contribution < 1.29 is 19.8 Å². The van der Waals surface area contributed by atoms with Crippen molar-refractivity contribution in [3.05, 3.63) is 34.3 Å². The lowest BCUT2D eigenvalue weighted by atomic mass is 10.1. The average Bonchev–Trinajstić information content (AvgIpc) is 2.82. The van der Waals surface area contributed by atoms with Gasteiger partial charge < -0.3 is 20.4 Å². The third-order valence-electron chi connectivity index (χ3n) is 3.53. The Hall–Kier alpha value is -1.60. The zero-order valence-electron chi connectivity index (χ0n) is 11.5. The van der Waals surface area contributed by atoms with Crippen LogP contribution in [0.4, 0.5) is 4.79 Å². The number of rotatable bonds is 3. The van der Waals surface area contributed by atoms with Crippen LogP contribution in [0.15, 0.2) is 28.7 Å². The van der Waals surface area contributed by atoms with E-state index in [4.69, 9.17) is 5.11 Å². The molecule has 3 atom stereocenters. The molecule has 21 heavy (non-hydrogen) atoms. The summed E-state index contributed by atoms with van der Waals surface area (Å²) < 4.78 is 0.943. The van der Waals surface area contributed by atoms with Crippen LogP contribution in [0.25, 0.3) is 0 Å². The summed E-state index contributed by atoms with van der Waals surface area (Å²) in [6.45, 7) is 1.86. The predicted octanol–water partition coefficient (Wildman–Crippen LogP) is 1.74. The second-order valence-corrected chi connectivity index (χ2v) is 6.03. The number of halogens is 1. The van der Waals surface area contributed by atoms with Gasteiger partial charge in [0.25, 0.3) is 0 Å². The summed E-state index contributed by atoms with van der Waals surface area (Å²) in [6.07, 6.45) is -0.727. The third-order valence-corrected chi connectivity index (χ3v) is 4.06. The number of urea groups is 1. The van der Waals surface area contributed by atoms with Crippen molar-refractivity contribution in [2.45, 2.75) is 31.5 Å². The lowest BCUT2D eigenvalue weighted by molar-refractivity contribution is -0.141. The highest BCUT2D eigenvalue weighted by molar-refractivity contribution is 9.10. The second kappa shape index (κ2) is 6.44. The molecule has 0 aliphatic carbocycles. The number of carboxylic acid groups (broad SMARTS) is 1. The Balaban J connectivity index is 2.03. The Morgan fingerprint density at radius 3 is 2.57 bits per heavy atom. The van der Waals surface area contributed by atoms with Gasteiger partial charge in [-0.25, -0.2) is 9.59 Å². The number of aliphatic hydroxyl groups excluding tert-OH is 1. The average molecular weight is 357 g/mol. The molecule has 1 saturated heterocycles. The van der Waals surface area contributed by atoms with Gasteiger partial charge >= 0.3 is 12.0 Å². The van der Waals surface area contributed by atoms with Crippen LogP contribution in [0.3, 0.4) is 0 Å². The van der Waals surface area contributed by atoms with Crippen molar-refractivity contribution >= 4 is 27.9 Å². The molecule has 0 radical (unpaired) electrons. The molecule has 7 heteroatoms. The number of amides is 2. The second-order valence-electron chi connectivity index (χ2n) is 5.12. The Morgan fingerprint density at radius 2 is 2.00 bits per heavy atom. The van der Waals surface area contributed by atoms with Crippen molar-refractivity contribution in [3.8, 4) is 0 Å². The van der Waals surface area contributed by atoms with E-state index in [9.17, 15) is 14.7 Å². The normalized spacial score (nSPS) is 22.9. The summed E-state index contributed by atoms with van der Waals surface area (Å²) in [7, 11) is 0. The van der Waals surface area contributed by atoms with Crippen LogP contribution in [0.1, 0.15) is 24.9 Å². The molecule has 1 aromatic carbocycles. The number of aliphatic carboxylic acids is 1. The number of carbonyl (C=O) groups excluding carboxylic acids is 1. The zero-order valence-corrected chi connectivity index (χ0v) is 13.1. The Bertz CT molecular complexity index is 534. The van der Waals surface area contributed by atoms with Crippen LogP contribution in [0, 0.1) is 0 Å². The number of aliphatic hydroxyl groups is 1. The number of hydrogen-bond acceptors (Lipinski definition) is 3. The van der Waals surface area contributed by atoms with E-state index >= 15 is 0 Å². The van der Waals surface area contributed by atoms with Crippen molar-refractivity contribution in [2.75, 3.05) is 6.54 Å². The Morgan fingerprint density at radius 1 is 1.38 bits per heavy atom. The van der Waals surface area contributed by atoms with E-state index < -0.39 is 24.1 Å². The van der Waals surface area contributed by atoms with E-state index in [2.05, 4.69) is 21.2 Å². The Kier molecular flexibility index (Phi) is 4.84. The van der Waals surface area contributed by atoms with E-state index in [1.165, 1.54) is 4.90 Å². The topological polar surface area (TPSA) is 89.9 Å². The number of benzene rings is 1. The molecule has 6 nitrogen and oxygen atoms in total. The fraction of sp³-hybridized carbons (Fsp3) is 0.429. The van der Waals surface area contributed by atoms with E-state index in [0.29, 0.717) is 0 Å². The number of carboxylic acids is 1. The fourth-order valence-corrected chi connectivity index (χ4v) is 2.64. The maximum Gasteiger partial charge on any atom is 0.326 e. The summed E-state index contributed by atoms with van der Waals surface area (Å²) in [5.41, 5.74) is 0.915. The van der Waals surface area contributed by atoms with Crippen molar-refractivity contribution in [1.82, 2.24) is 10.2 Å². The maximum atomic E-state index is 12.2. The highest BCUT2D eigenvalue weighted by atomic mass is 79.9. The SMILES string of the molecule is CC(NC(=O)N1C[C@H](O)C[C@H]1C(=O)O)c1ccc(Br)cc1. The summed E-state index contributed by atoms with van der Waals surface area (Å²) in [6, 6.07) is 5.80. The van der Waals surface area contributed by atoms with Crippen LogP contribution in [-0.4, -0.2) is 45.8 Å². The molecular weight excluding hydrogens is 340 g/mol. The van der Waals surface area contributed by atoms with Gasteiger partial charge in [0.1, 0.15) is 6.04 Å². The zero-order chi connectivity index (χ0) is 15.6. The lowest BCUT2D eigenvalue weighted by Gasteiger charge is -2.24. The fourth-order valence-electron chi connectivity index (χ4n) is 2.38. The highest BCUT2D eigenvalue weighted by Crippen LogP contribution is 2.20. The van der Waals surface area contributed by atoms with Crippen molar-refractivity contribution in [2.24, 2.45) is 0 Å². The number of carbonyl (C=O) groups is 2. The molecule has 2 amide bonds. The van der Waals surface area contributed by atoms with Crippen molar-refractivity contribution in [3.63, 3.8) is 0 Å². The van der Waals surface area contributed by atoms with Crippen LogP contribution < -0.4 is 5.32 Å². The first-order valence-electron chi connectivity index (χ1n) is 6.62. The predicted molar refractivity (Wildman–Crippen MR) is 79.8 cm³/mol. The van der Waals surface area contributed by atoms with Crippen LogP contribution in [0.5, 0.6) is 0 Å². The summed E-state index contributed by atoms with van der Waals surface area (Å²) in [5, 5.41) is 21.4. The summed E-state index contributed by atoms with van der Waals surface area (Å²) in [5.74, 6) is -1.10. The number of nitrogens with one attached hydrogen (secondary N) is 1. The first-order valence-corrected chi connectivity index (χ1v) is 7.41. The first kappa shape index (κ1) is 15.8. The molecule has 1 unspecified atom stereocenters. The number of hydrogen-bond donors (Lipinski definition) is 3. The number of likely N-dealkylation sites (tertiary alicyclic amines) is 1. The molecule has 3 N–H and O–H groups in total. The van der Waals surface area contributed by atoms with E-state index in [1.807, 2.05) is 31.2 Å². The molecule has 0 bridgehead atoms. The molecule has 2 rings (SSSR count). The summed E-state index contributed by atoms with van der Waals surface area (Å²) in [4.78, 5) is 24.5. The minimum Gasteiger partial charge on any atom is -0.480 e. The highest BCUT2D eigenvalue weighted by Gasteiger charge is 2.39. The van der Waals surface area contributed by atoms with Crippen molar-refractivity contribution in [1.29, 1.82) is 0 Å². The molecule has 1 heterocycles. The van der Waals surface area contributed by atoms with E-state index in [1.54, 1.807) is 0 Å².